The number of nitrogens with zero attached hydrogens (tertiary/aromatic N) is 1. The molecule has 0 aliphatic carbocycles. The van der Waals surface area contributed by atoms with Crippen molar-refractivity contribution in [3.8, 4) is 0 Å². The Balaban J connectivity index is 0. The summed E-state index contributed by atoms with van der Waals surface area (Å²) in [6.07, 6.45) is 35.9. The van der Waals surface area contributed by atoms with Crippen LogP contribution in [0.2, 0.25) is 0 Å². The Morgan fingerprint density at radius 3 is 1.13 bits per heavy atom. The van der Waals surface area contributed by atoms with Crippen LogP contribution in [-0.2, 0) is 9.53 Å². The predicted molar refractivity (Wildman–Crippen MR) is 169 cm³/mol. The third-order valence-corrected chi connectivity index (χ3v) is 8.61. The minimum atomic E-state index is -0.0537. The van der Waals surface area contributed by atoms with E-state index in [-0.39, 0.29) is 29.2 Å². The van der Waals surface area contributed by atoms with Crippen LogP contribution < -0.4 is 17.0 Å². The van der Waals surface area contributed by atoms with Gasteiger partial charge in [0.05, 0.1) is 20.6 Å². The molecule has 0 aliphatic heterocycles. The van der Waals surface area contributed by atoms with E-state index in [2.05, 4.69) is 34.9 Å². The van der Waals surface area contributed by atoms with Gasteiger partial charge in [-0.3, -0.25) is 9.28 Å². The van der Waals surface area contributed by atoms with E-state index in [4.69, 9.17) is 4.74 Å². The van der Waals surface area contributed by atoms with Crippen molar-refractivity contribution in [1.82, 2.24) is 0 Å². The van der Waals surface area contributed by atoms with E-state index >= 15 is 0 Å². The van der Waals surface area contributed by atoms with Crippen molar-refractivity contribution in [3.05, 3.63) is 0 Å². The summed E-state index contributed by atoms with van der Waals surface area (Å²) in [6, 6.07) is 0. The number of rotatable bonds is 30. The number of quaternary nitrogens is 1. The molecule has 1 atom stereocenters. The summed E-state index contributed by atoms with van der Waals surface area (Å²) < 4.78 is 6.59. The average molecular weight is 619 g/mol. The second-order valence-electron chi connectivity index (χ2n) is 12.8. The molecule has 0 rings (SSSR count). The number of carbonyl (C=O) groups excluding carboxylic acids is 1. The van der Waals surface area contributed by atoms with E-state index < -0.39 is 0 Å². The minimum Gasteiger partial charge on any atom is -1.00 e. The minimum absolute atomic E-state index is 0. The monoisotopic (exact) mass is 617 g/mol. The Kier molecular flexibility index (Phi) is 32.5. The van der Waals surface area contributed by atoms with Crippen LogP contribution in [0.4, 0.5) is 0 Å². The lowest BCUT2D eigenvalue weighted by atomic mass is 10.0. The Bertz CT molecular complexity index is 497. The van der Waals surface area contributed by atoms with E-state index in [9.17, 15) is 4.79 Å². The van der Waals surface area contributed by atoms with Crippen LogP contribution >= 0.6 is 0 Å². The maximum atomic E-state index is 12.3. The van der Waals surface area contributed by atoms with E-state index in [0.717, 1.165) is 23.9 Å². The molecule has 0 aliphatic rings. The fourth-order valence-electron chi connectivity index (χ4n) is 5.40. The maximum Gasteiger partial charge on any atom is 0.310 e. The molecule has 0 aromatic rings. The van der Waals surface area contributed by atoms with Gasteiger partial charge in [-0.15, -0.1) is 0 Å². The Hall–Kier alpha value is -0.0900. The van der Waals surface area contributed by atoms with E-state index in [0.29, 0.717) is 6.42 Å². The number of esters is 1. The highest BCUT2D eigenvalue weighted by Gasteiger charge is 2.26. The summed E-state index contributed by atoms with van der Waals surface area (Å²) >= 11 is 0. The summed E-state index contributed by atoms with van der Waals surface area (Å²) in [5, 5.41) is 0. The van der Waals surface area contributed by atoms with Crippen molar-refractivity contribution in [2.24, 2.45) is 0 Å². The molecule has 0 aromatic heterocycles. The number of hydrogen-bond donors (Lipinski definition) is 0. The van der Waals surface area contributed by atoms with Crippen LogP contribution in [0.1, 0.15) is 194 Å². The number of carbonyl (C=O) groups is 1. The second-order valence-corrected chi connectivity index (χ2v) is 12.8. The molecule has 4 heteroatoms. The molecule has 236 valence electrons. The fraction of sp³-hybridized carbons (Fsp3) is 0.971. The molecule has 0 radical (unpaired) electrons. The zero-order valence-corrected chi connectivity index (χ0v) is 29.1. The highest BCUT2D eigenvalue weighted by atomic mass is 79.9. The van der Waals surface area contributed by atoms with E-state index in [1.54, 1.807) is 0 Å². The van der Waals surface area contributed by atoms with Gasteiger partial charge in [-0.1, -0.05) is 162 Å². The molecular weight excluding hydrogens is 546 g/mol. The van der Waals surface area contributed by atoms with E-state index in [1.165, 1.54) is 154 Å². The van der Waals surface area contributed by atoms with Gasteiger partial charge in [0.25, 0.3) is 0 Å². The van der Waals surface area contributed by atoms with Gasteiger partial charge in [0.15, 0.2) is 0 Å². The van der Waals surface area contributed by atoms with Gasteiger partial charge >= 0.3 is 5.97 Å². The lowest BCUT2D eigenvalue weighted by Crippen LogP contribution is -3.00. The molecule has 1 unspecified atom stereocenters. The lowest BCUT2D eigenvalue weighted by molar-refractivity contribution is -0.932. The second kappa shape index (κ2) is 30.9. The van der Waals surface area contributed by atoms with Gasteiger partial charge in [0, 0.05) is 13.3 Å². The smallest absolute Gasteiger partial charge is 0.310 e. The summed E-state index contributed by atoms with van der Waals surface area (Å²) in [5.74, 6) is -0.00441. The van der Waals surface area contributed by atoms with Crippen LogP contribution in [0.5, 0.6) is 0 Å². The molecule has 0 aromatic carbocycles. The van der Waals surface area contributed by atoms with Crippen molar-refractivity contribution in [2.75, 3.05) is 20.6 Å². The van der Waals surface area contributed by atoms with Crippen LogP contribution in [0.25, 0.3) is 0 Å². The SMILES string of the molecule is CCCCCCCCCCCCCCCCCC[N+](C)(C)C(C)OC(=O)CCCCCCCCCCCC.[Br-]. The summed E-state index contributed by atoms with van der Waals surface area (Å²) in [4.78, 5) is 12.3. The third-order valence-electron chi connectivity index (χ3n) is 8.61. The number of ether oxygens (including phenoxy) is 1. The zero-order chi connectivity index (χ0) is 28.2. The highest BCUT2D eigenvalue weighted by molar-refractivity contribution is 5.69. The fourth-order valence-corrected chi connectivity index (χ4v) is 5.40. The molecule has 0 N–H and O–H groups in total. The maximum absolute atomic E-state index is 12.3. The standard InChI is InChI=1S/C35H72NO2.BrH/c1-6-8-10-12-14-16-18-19-20-21-22-23-25-27-29-31-33-36(4,5)34(3)38-35(37)32-30-28-26-24-17-15-13-11-9-7-2;/h34H,6-33H2,1-5H3;1H/q+1;/p-1. The first-order valence-electron chi connectivity index (χ1n) is 17.5. The van der Waals surface area contributed by atoms with Crippen molar-refractivity contribution in [3.63, 3.8) is 0 Å². The molecule has 0 amide bonds. The number of unbranched alkanes of at least 4 members (excludes halogenated alkanes) is 24. The van der Waals surface area contributed by atoms with Gasteiger partial charge in [0.2, 0.25) is 6.23 Å². The molecule has 0 spiro atoms. The zero-order valence-electron chi connectivity index (χ0n) is 27.5. The quantitative estimate of drug-likeness (QED) is 0.0349. The first-order chi connectivity index (χ1) is 18.4. The van der Waals surface area contributed by atoms with Gasteiger partial charge in [-0.25, -0.2) is 0 Å². The van der Waals surface area contributed by atoms with E-state index in [1.807, 2.05) is 0 Å². The topological polar surface area (TPSA) is 26.3 Å². The van der Waals surface area contributed by atoms with Crippen molar-refractivity contribution < 1.29 is 31.0 Å². The number of halogens is 1. The van der Waals surface area contributed by atoms with Gasteiger partial charge in [-0.05, 0) is 19.3 Å². The van der Waals surface area contributed by atoms with Crippen LogP contribution in [-0.4, -0.2) is 37.3 Å². The molecule has 0 heterocycles. The largest absolute Gasteiger partial charge is 1.00 e. The van der Waals surface area contributed by atoms with Gasteiger partial charge < -0.3 is 21.7 Å². The van der Waals surface area contributed by atoms with Crippen LogP contribution in [0.3, 0.4) is 0 Å². The van der Waals surface area contributed by atoms with Crippen molar-refractivity contribution in [2.45, 2.75) is 200 Å². The molecule has 0 bridgehead atoms. The molecule has 0 saturated carbocycles. The first-order valence-corrected chi connectivity index (χ1v) is 17.5. The van der Waals surface area contributed by atoms with Gasteiger partial charge in [0.1, 0.15) is 0 Å². The molecule has 3 nitrogen and oxygen atoms in total. The van der Waals surface area contributed by atoms with Crippen LogP contribution in [0.15, 0.2) is 0 Å². The van der Waals surface area contributed by atoms with Crippen LogP contribution in [0, 0.1) is 0 Å². The molecule has 0 saturated heterocycles. The predicted octanol–water partition coefficient (Wildman–Crippen LogP) is 8.53. The Morgan fingerprint density at radius 1 is 0.513 bits per heavy atom. The Morgan fingerprint density at radius 2 is 0.795 bits per heavy atom. The normalized spacial score (nSPS) is 12.3. The number of hydrogen-bond acceptors (Lipinski definition) is 2. The summed E-state index contributed by atoms with van der Waals surface area (Å²) in [7, 11) is 4.42. The third kappa shape index (κ3) is 29.2. The van der Waals surface area contributed by atoms with Crippen molar-refractivity contribution in [1.29, 1.82) is 0 Å². The molecule has 0 fully saturated rings. The first kappa shape index (κ1) is 41.0. The molecular formula is C35H72BrNO2. The summed E-state index contributed by atoms with van der Waals surface area (Å²) in [5.41, 5.74) is 0. The lowest BCUT2D eigenvalue weighted by Gasteiger charge is -2.35. The average Bonchev–Trinajstić information content (AvgIpc) is 2.89. The summed E-state index contributed by atoms with van der Waals surface area (Å²) in [6.45, 7) is 7.73. The highest BCUT2D eigenvalue weighted by Crippen LogP contribution is 2.17. The Labute approximate surface area is 257 Å². The van der Waals surface area contributed by atoms with Crippen molar-refractivity contribution >= 4 is 5.97 Å². The molecule has 39 heavy (non-hydrogen) atoms. The van der Waals surface area contributed by atoms with Gasteiger partial charge in [-0.2, -0.15) is 0 Å².